The molecular weight excluding hydrogens is 458 g/mol. The summed E-state index contributed by atoms with van der Waals surface area (Å²) in [6.45, 7) is 0.624. The first-order chi connectivity index (χ1) is 17.4. The van der Waals surface area contributed by atoms with E-state index in [4.69, 9.17) is 24.2 Å². The molecule has 2 N–H and O–H groups in total. The fraction of sp³-hybridized carbons (Fsp3) is 0.444. The fourth-order valence-corrected chi connectivity index (χ4v) is 4.71. The topological polar surface area (TPSA) is 97.8 Å². The molecule has 3 aromatic rings. The molecule has 0 bridgehead atoms. The standard InChI is InChI=1S/C27H35N5O4/c1-32(2)25-20-8-6-7-9-21(20)30-27(31-25)29-19-12-10-17(11-13-19)16-28-26(33)18-14-22(34-3)24(36-5)23(15-18)35-4/h6-9,14-15,17,19H,10-13,16H2,1-5H3,(H,28,33)(H,29,30,31)/t17-,19+. The molecule has 9 heteroatoms. The molecule has 1 heterocycles. The second kappa shape index (κ2) is 11.3. The van der Waals surface area contributed by atoms with Crippen LogP contribution in [-0.2, 0) is 0 Å². The number of nitrogens with zero attached hydrogens (tertiary/aromatic N) is 3. The normalized spacial score (nSPS) is 17.4. The van der Waals surface area contributed by atoms with Gasteiger partial charge in [0.1, 0.15) is 5.82 Å². The highest BCUT2D eigenvalue weighted by molar-refractivity contribution is 5.95. The first-order valence-corrected chi connectivity index (χ1v) is 12.2. The average molecular weight is 494 g/mol. The Morgan fingerprint density at radius 3 is 2.25 bits per heavy atom. The first kappa shape index (κ1) is 25.3. The van der Waals surface area contributed by atoms with E-state index in [1.54, 1.807) is 19.2 Å². The molecule has 36 heavy (non-hydrogen) atoms. The zero-order valence-corrected chi connectivity index (χ0v) is 21.6. The summed E-state index contributed by atoms with van der Waals surface area (Å²) in [5.41, 5.74) is 1.41. The van der Waals surface area contributed by atoms with Crippen molar-refractivity contribution in [3.8, 4) is 17.2 Å². The third kappa shape index (κ3) is 5.56. The Bertz CT molecular complexity index is 1180. The van der Waals surface area contributed by atoms with Gasteiger partial charge in [-0.1, -0.05) is 12.1 Å². The lowest BCUT2D eigenvalue weighted by Gasteiger charge is -2.29. The summed E-state index contributed by atoms with van der Waals surface area (Å²) >= 11 is 0. The van der Waals surface area contributed by atoms with Gasteiger partial charge < -0.3 is 29.7 Å². The minimum absolute atomic E-state index is 0.157. The Kier molecular flexibility index (Phi) is 7.97. The quantitative estimate of drug-likeness (QED) is 0.459. The molecule has 9 nitrogen and oxygen atoms in total. The third-order valence-corrected chi connectivity index (χ3v) is 6.66. The summed E-state index contributed by atoms with van der Waals surface area (Å²) in [6, 6.07) is 11.7. The van der Waals surface area contributed by atoms with Gasteiger partial charge >= 0.3 is 0 Å². The highest BCUT2D eigenvalue weighted by Crippen LogP contribution is 2.38. The van der Waals surface area contributed by atoms with E-state index in [2.05, 4.69) is 10.6 Å². The molecule has 192 valence electrons. The molecule has 0 aliphatic heterocycles. The summed E-state index contributed by atoms with van der Waals surface area (Å²) in [4.78, 5) is 24.3. The van der Waals surface area contributed by atoms with Crippen LogP contribution in [0.3, 0.4) is 0 Å². The highest BCUT2D eigenvalue weighted by Gasteiger charge is 2.24. The lowest BCUT2D eigenvalue weighted by molar-refractivity contribution is 0.0942. The van der Waals surface area contributed by atoms with Gasteiger partial charge in [0.2, 0.25) is 11.7 Å². The van der Waals surface area contributed by atoms with Gasteiger partial charge in [0.15, 0.2) is 11.5 Å². The minimum atomic E-state index is -0.157. The van der Waals surface area contributed by atoms with Crippen LogP contribution in [0.5, 0.6) is 17.2 Å². The van der Waals surface area contributed by atoms with Crippen LogP contribution in [0.2, 0.25) is 0 Å². The van der Waals surface area contributed by atoms with Crippen molar-refractivity contribution in [1.29, 1.82) is 0 Å². The monoisotopic (exact) mass is 493 g/mol. The second-order valence-electron chi connectivity index (χ2n) is 9.27. The van der Waals surface area contributed by atoms with Crippen LogP contribution >= 0.6 is 0 Å². The van der Waals surface area contributed by atoms with Crippen molar-refractivity contribution < 1.29 is 19.0 Å². The third-order valence-electron chi connectivity index (χ3n) is 6.66. The summed E-state index contributed by atoms with van der Waals surface area (Å²) < 4.78 is 16.1. The molecule has 0 atom stereocenters. The van der Waals surface area contributed by atoms with E-state index >= 15 is 0 Å². The van der Waals surface area contributed by atoms with Gasteiger partial charge in [0, 0.05) is 37.6 Å². The second-order valence-corrected chi connectivity index (χ2v) is 9.27. The number of carbonyl (C=O) groups is 1. The minimum Gasteiger partial charge on any atom is -0.493 e. The molecule has 1 aromatic heterocycles. The number of nitrogens with one attached hydrogen (secondary N) is 2. The predicted molar refractivity (Wildman–Crippen MR) is 142 cm³/mol. The maximum Gasteiger partial charge on any atom is 0.251 e. The van der Waals surface area contributed by atoms with Crippen molar-refractivity contribution in [2.75, 3.05) is 52.2 Å². The van der Waals surface area contributed by atoms with Crippen molar-refractivity contribution in [3.63, 3.8) is 0 Å². The van der Waals surface area contributed by atoms with Crippen LogP contribution in [0.1, 0.15) is 36.0 Å². The van der Waals surface area contributed by atoms with Crippen molar-refractivity contribution in [3.05, 3.63) is 42.0 Å². The fourth-order valence-electron chi connectivity index (χ4n) is 4.71. The van der Waals surface area contributed by atoms with Crippen molar-refractivity contribution in [2.45, 2.75) is 31.7 Å². The lowest BCUT2D eigenvalue weighted by atomic mass is 9.86. The van der Waals surface area contributed by atoms with E-state index in [9.17, 15) is 4.79 Å². The number of hydrogen-bond donors (Lipinski definition) is 2. The van der Waals surface area contributed by atoms with Gasteiger partial charge in [-0.15, -0.1) is 0 Å². The van der Waals surface area contributed by atoms with Crippen LogP contribution in [0.4, 0.5) is 11.8 Å². The zero-order valence-electron chi connectivity index (χ0n) is 21.6. The smallest absolute Gasteiger partial charge is 0.251 e. The van der Waals surface area contributed by atoms with Crippen LogP contribution < -0.4 is 29.7 Å². The Hall–Kier alpha value is -3.75. The number of hydrogen-bond acceptors (Lipinski definition) is 8. The van der Waals surface area contributed by atoms with E-state index in [-0.39, 0.29) is 5.91 Å². The van der Waals surface area contributed by atoms with Crippen LogP contribution in [-0.4, -0.2) is 63.9 Å². The molecular formula is C27H35N5O4. The Balaban J connectivity index is 1.33. The number of aromatic nitrogens is 2. The van der Waals surface area contributed by atoms with Crippen molar-refractivity contribution in [1.82, 2.24) is 15.3 Å². The zero-order chi connectivity index (χ0) is 25.7. The van der Waals surface area contributed by atoms with Crippen LogP contribution in [0, 0.1) is 5.92 Å². The van der Waals surface area contributed by atoms with Crippen LogP contribution in [0.15, 0.2) is 36.4 Å². The molecule has 1 saturated carbocycles. The van der Waals surface area contributed by atoms with Gasteiger partial charge in [0.05, 0.1) is 26.8 Å². The van der Waals surface area contributed by atoms with Gasteiger partial charge in [-0.3, -0.25) is 4.79 Å². The molecule has 0 radical (unpaired) electrons. The Morgan fingerprint density at radius 2 is 1.64 bits per heavy atom. The molecule has 0 spiro atoms. The number of amides is 1. The maximum absolute atomic E-state index is 12.8. The Labute approximate surface area is 212 Å². The van der Waals surface area contributed by atoms with Gasteiger partial charge in [-0.2, -0.15) is 4.98 Å². The van der Waals surface area contributed by atoms with Gasteiger partial charge in [-0.25, -0.2) is 4.98 Å². The summed E-state index contributed by atoms with van der Waals surface area (Å²) in [5, 5.41) is 7.65. The number of rotatable bonds is 9. The first-order valence-electron chi connectivity index (χ1n) is 12.2. The number of ether oxygens (including phenoxy) is 3. The van der Waals surface area contributed by atoms with E-state index in [1.165, 1.54) is 14.2 Å². The van der Waals surface area contributed by atoms with Crippen molar-refractivity contribution in [2.24, 2.45) is 5.92 Å². The largest absolute Gasteiger partial charge is 0.493 e. The number of carbonyl (C=O) groups excluding carboxylic acids is 1. The van der Waals surface area contributed by atoms with Crippen molar-refractivity contribution >= 4 is 28.6 Å². The molecule has 1 amide bonds. The lowest BCUT2D eigenvalue weighted by Crippen LogP contribution is -2.34. The van der Waals surface area contributed by atoms with E-state index in [1.807, 2.05) is 43.3 Å². The number of methoxy groups -OCH3 is 3. The van der Waals surface area contributed by atoms with Gasteiger partial charge in [-0.05, 0) is 55.9 Å². The number of fused-ring (bicyclic) bond motifs is 1. The van der Waals surface area contributed by atoms with Crippen LogP contribution in [0.25, 0.3) is 10.9 Å². The summed E-state index contributed by atoms with van der Waals surface area (Å²) in [5.74, 6) is 3.22. The average Bonchev–Trinajstić information content (AvgIpc) is 2.91. The molecule has 2 aromatic carbocycles. The van der Waals surface area contributed by atoms with E-state index < -0.39 is 0 Å². The SMILES string of the molecule is COc1cc(C(=O)NC[C@H]2CC[C@@H](Nc3nc(N(C)C)c4ccccc4n3)CC2)cc(OC)c1OC. The molecule has 0 unspecified atom stereocenters. The molecule has 1 aliphatic carbocycles. The molecule has 0 saturated heterocycles. The highest BCUT2D eigenvalue weighted by atomic mass is 16.5. The predicted octanol–water partition coefficient (Wildman–Crippen LogP) is 4.12. The van der Waals surface area contributed by atoms with E-state index in [0.717, 1.165) is 42.4 Å². The summed E-state index contributed by atoms with van der Waals surface area (Å²) in [6.07, 6.45) is 4.03. The number of anilines is 2. The maximum atomic E-state index is 12.8. The molecule has 1 aliphatic rings. The number of para-hydroxylation sites is 1. The molecule has 4 rings (SSSR count). The molecule has 1 fully saturated rings. The van der Waals surface area contributed by atoms with Gasteiger partial charge in [0.25, 0.3) is 5.91 Å². The summed E-state index contributed by atoms with van der Waals surface area (Å²) in [7, 11) is 8.61. The Morgan fingerprint density at radius 1 is 0.972 bits per heavy atom. The number of benzene rings is 2. The van der Waals surface area contributed by atoms with E-state index in [0.29, 0.717) is 47.3 Å².